The number of hydrogen-bond donors (Lipinski definition) is 1. The summed E-state index contributed by atoms with van der Waals surface area (Å²) in [7, 11) is 1.48. The van der Waals surface area contributed by atoms with E-state index in [0.29, 0.717) is 30.7 Å². The molecule has 0 spiro atoms. The summed E-state index contributed by atoms with van der Waals surface area (Å²) in [5.41, 5.74) is 0.388. The number of halogens is 1. The number of hydrogen-bond acceptors (Lipinski definition) is 3. The van der Waals surface area contributed by atoms with Crippen LogP contribution in [0.5, 0.6) is 5.75 Å². The number of aliphatic carboxylic acids is 1. The minimum Gasteiger partial charge on any atom is -0.496 e. The maximum atomic E-state index is 12.4. The highest BCUT2D eigenvalue weighted by molar-refractivity contribution is 9.10. The van der Waals surface area contributed by atoms with E-state index in [1.54, 1.807) is 18.2 Å². The molecule has 1 N–H and O–H groups in total. The Morgan fingerprint density at radius 2 is 2.21 bits per heavy atom. The minimum atomic E-state index is -0.957. The summed E-state index contributed by atoms with van der Waals surface area (Å²) >= 11 is 3.31. The number of rotatable bonds is 3. The summed E-state index contributed by atoms with van der Waals surface area (Å²) in [5.74, 6) is -0.813. The molecule has 1 unspecified atom stereocenters. The summed E-state index contributed by atoms with van der Waals surface area (Å²) in [6.07, 6.45) is 1.21. The fraction of sp³-hybridized carbons (Fsp3) is 0.385. The predicted octanol–water partition coefficient (Wildman–Crippen LogP) is 2.15. The van der Waals surface area contributed by atoms with Gasteiger partial charge in [0.2, 0.25) is 0 Å². The average Bonchev–Trinajstić information content (AvgIpc) is 2.87. The second-order valence-corrected chi connectivity index (χ2v) is 5.26. The molecule has 102 valence electrons. The van der Waals surface area contributed by atoms with Gasteiger partial charge < -0.3 is 14.7 Å². The molecular weight excluding hydrogens is 314 g/mol. The maximum Gasteiger partial charge on any atom is 0.326 e. The first-order valence-corrected chi connectivity index (χ1v) is 6.71. The van der Waals surface area contributed by atoms with Gasteiger partial charge in [0.25, 0.3) is 5.91 Å². The summed E-state index contributed by atoms with van der Waals surface area (Å²) in [5, 5.41) is 9.12. The van der Waals surface area contributed by atoms with Gasteiger partial charge in [-0.2, -0.15) is 0 Å². The van der Waals surface area contributed by atoms with Crippen molar-refractivity contribution in [2.24, 2.45) is 0 Å². The van der Waals surface area contributed by atoms with Gasteiger partial charge >= 0.3 is 5.97 Å². The number of benzene rings is 1. The quantitative estimate of drug-likeness (QED) is 0.923. The molecule has 19 heavy (non-hydrogen) atoms. The molecule has 1 heterocycles. The number of nitrogens with zero attached hydrogens (tertiary/aromatic N) is 1. The third-order valence-corrected chi connectivity index (χ3v) is 3.69. The van der Waals surface area contributed by atoms with Crippen molar-refractivity contribution in [3.05, 3.63) is 28.2 Å². The van der Waals surface area contributed by atoms with Crippen LogP contribution in [0.3, 0.4) is 0 Å². The Morgan fingerprint density at radius 3 is 2.84 bits per heavy atom. The molecule has 0 radical (unpaired) electrons. The number of carboxylic acids is 1. The molecule has 2 rings (SSSR count). The predicted molar refractivity (Wildman–Crippen MR) is 72.4 cm³/mol. The molecule has 5 nitrogen and oxygen atoms in total. The number of carboxylic acid groups (broad SMARTS) is 1. The summed E-state index contributed by atoms with van der Waals surface area (Å²) in [4.78, 5) is 24.9. The van der Waals surface area contributed by atoms with Gasteiger partial charge in [0, 0.05) is 11.0 Å². The number of carbonyl (C=O) groups excluding carboxylic acids is 1. The molecule has 1 aromatic rings. The lowest BCUT2D eigenvalue weighted by atomic mass is 10.1. The molecule has 6 heteroatoms. The Balaban J connectivity index is 2.31. The van der Waals surface area contributed by atoms with E-state index in [1.165, 1.54) is 12.0 Å². The lowest BCUT2D eigenvalue weighted by molar-refractivity contribution is -0.141. The van der Waals surface area contributed by atoms with Crippen LogP contribution >= 0.6 is 15.9 Å². The Bertz CT molecular complexity index is 517. The Kier molecular flexibility index (Phi) is 4.09. The van der Waals surface area contributed by atoms with Crippen LogP contribution in [0.25, 0.3) is 0 Å². The topological polar surface area (TPSA) is 66.8 Å². The van der Waals surface area contributed by atoms with Gasteiger partial charge in [-0.05, 0) is 31.0 Å². The summed E-state index contributed by atoms with van der Waals surface area (Å²) in [6, 6.07) is 4.34. The van der Waals surface area contributed by atoms with Crippen molar-refractivity contribution in [2.45, 2.75) is 18.9 Å². The van der Waals surface area contributed by atoms with E-state index >= 15 is 0 Å². The molecule has 1 aromatic carbocycles. The van der Waals surface area contributed by atoms with Gasteiger partial charge in [-0.1, -0.05) is 15.9 Å². The monoisotopic (exact) mass is 327 g/mol. The van der Waals surface area contributed by atoms with E-state index in [4.69, 9.17) is 9.84 Å². The molecule has 0 saturated carbocycles. The fourth-order valence-corrected chi connectivity index (χ4v) is 2.60. The first-order valence-electron chi connectivity index (χ1n) is 5.92. The van der Waals surface area contributed by atoms with E-state index in [-0.39, 0.29) is 5.91 Å². The number of ether oxygens (including phenoxy) is 1. The fourth-order valence-electron chi connectivity index (χ4n) is 2.26. The highest BCUT2D eigenvalue weighted by Gasteiger charge is 2.35. The van der Waals surface area contributed by atoms with Gasteiger partial charge in [0.05, 0.1) is 12.7 Å². The average molecular weight is 328 g/mol. The third kappa shape index (κ3) is 2.73. The van der Waals surface area contributed by atoms with Crippen molar-refractivity contribution < 1.29 is 19.4 Å². The zero-order valence-corrected chi connectivity index (χ0v) is 12.0. The van der Waals surface area contributed by atoms with Gasteiger partial charge in [0.15, 0.2) is 0 Å². The lowest BCUT2D eigenvalue weighted by Gasteiger charge is -2.22. The highest BCUT2D eigenvalue weighted by atomic mass is 79.9. The maximum absolute atomic E-state index is 12.4. The SMILES string of the molecule is COc1cc(Br)ccc1C(=O)N1CCCC1C(=O)O. The zero-order chi connectivity index (χ0) is 14.0. The normalized spacial score (nSPS) is 18.4. The van der Waals surface area contributed by atoms with Crippen molar-refractivity contribution >= 4 is 27.8 Å². The Labute approximate surface area is 119 Å². The largest absolute Gasteiger partial charge is 0.496 e. The van der Waals surface area contributed by atoms with Crippen molar-refractivity contribution in [3.8, 4) is 5.75 Å². The molecule has 1 saturated heterocycles. The van der Waals surface area contributed by atoms with Gasteiger partial charge in [-0.3, -0.25) is 4.79 Å². The van der Waals surface area contributed by atoms with Crippen LogP contribution < -0.4 is 4.74 Å². The van der Waals surface area contributed by atoms with Crippen LogP contribution in [0.4, 0.5) is 0 Å². The summed E-state index contributed by atoms with van der Waals surface area (Å²) < 4.78 is 5.98. The van der Waals surface area contributed by atoms with E-state index in [0.717, 1.165) is 4.47 Å². The van der Waals surface area contributed by atoms with Crippen LogP contribution in [0, 0.1) is 0 Å². The van der Waals surface area contributed by atoms with Crippen LogP contribution in [-0.4, -0.2) is 41.6 Å². The van der Waals surface area contributed by atoms with Crippen LogP contribution in [0.2, 0.25) is 0 Å². The molecule has 1 aliphatic heterocycles. The van der Waals surface area contributed by atoms with Crippen LogP contribution in [0.1, 0.15) is 23.2 Å². The minimum absolute atomic E-state index is 0.297. The zero-order valence-electron chi connectivity index (χ0n) is 10.4. The van der Waals surface area contributed by atoms with E-state index < -0.39 is 12.0 Å². The Hall–Kier alpha value is -1.56. The molecule has 0 aromatic heterocycles. The standard InChI is InChI=1S/C13H14BrNO4/c1-19-11-7-8(14)4-5-9(11)12(16)15-6-2-3-10(15)13(17)18/h4-5,7,10H,2-3,6H2,1H3,(H,17,18). The number of amides is 1. The lowest BCUT2D eigenvalue weighted by Crippen LogP contribution is -2.40. The highest BCUT2D eigenvalue weighted by Crippen LogP contribution is 2.27. The molecule has 1 aliphatic rings. The van der Waals surface area contributed by atoms with E-state index in [2.05, 4.69) is 15.9 Å². The molecule has 1 atom stereocenters. The summed E-state index contributed by atoms with van der Waals surface area (Å²) in [6.45, 7) is 0.467. The van der Waals surface area contributed by atoms with E-state index in [1.807, 2.05) is 0 Å². The molecule has 1 amide bonds. The second kappa shape index (κ2) is 5.61. The van der Waals surface area contributed by atoms with Crippen LogP contribution in [0.15, 0.2) is 22.7 Å². The number of carbonyl (C=O) groups is 2. The molecular formula is C13H14BrNO4. The van der Waals surface area contributed by atoms with Gasteiger partial charge in [0.1, 0.15) is 11.8 Å². The first kappa shape index (κ1) is 13.9. The van der Waals surface area contributed by atoms with Crippen LogP contribution in [-0.2, 0) is 4.79 Å². The van der Waals surface area contributed by atoms with Gasteiger partial charge in [-0.15, -0.1) is 0 Å². The van der Waals surface area contributed by atoms with Crippen molar-refractivity contribution in [1.82, 2.24) is 4.90 Å². The van der Waals surface area contributed by atoms with E-state index in [9.17, 15) is 9.59 Å². The molecule has 0 aliphatic carbocycles. The number of likely N-dealkylation sites (tertiary alicyclic amines) is 1. The smallest absolute Gasteiger partial charge is 0.326 e. The second-order valence-electron chi connectivity index (χ2n) is 4.34. The molecule has 1 fully saturated rings. The first-order chi connectivity index (χ1) is 9.04. The van der Waals surface area contributed by atoms with Crippen molar-refractivity contribution in [3.63, 3.8) is 0 Å². The third-order valence-electron chi connectivity index (χ3n) is 3.19. The van der Waals surface area contributed by atoms with Gasteiger partial charge in [-0.25, -0.2) is 4.79 Å². The Morgan fingerprint density at radius 1 is 1.47 bits per heavy atom. The van der Waals surface area contributed by atoms with Crippen molar-refractivity contribution in [2.75, 3.05) is 13.7 Å². The van der Waals surface area contributed by atoms with Crippen molar-refractivity contribution in [1.29, 1.82) is 0 Å². The molecule has 0 bridgehead atoms. The number of methoxy groups -OCH3 is 1.